The van der Waals surface area contributed by atoms with E-state index in [1.165, 1.54) is 17.5 Å². The quantitative estimate of drug-likeness (QED) is 0.721. The summed E-state index contributed by atoms with van der Waals surface area (Å²) in [5, 5.41) is 1.35. The number of halogens is 1. The normalized spacial score (nSPS) is 9.91. The molecule has 114 valence electrons. The van der Waals surface area contributed by atoms with Crippen molar-refractivity contribution in [1.29, 1.82) is 0 Å². The minimum Gasteiger partial charge on any atom is -0.462 e. The monoisotopic (exact) mass is 335 g/mol. The number of esters is 1. The molecule has 0 unspecified atom stereocenters. The van der Waals surface area contributed by atoms with E-state index in [2.05, 4.69) is 9.97 Å². The number of hydrogen-bond donors (Lipinski definition) is 1. The Kier molecular flexibility index (Phi) is 5.68. The second-order valence-electron chi connectivity index (χ2n) is 4.09. The molecule has 3 aromatic rings. The van der Waals surface area contributed by atoms with E-state index in [0.29, 0.717) is 22.3 Å². The van der Waals surface area contributed by atoms with Crippen LogP contribution in [0.15, 0.2) is 42.9 Å². The highest BCUT2D eigenvalue weighted by molar-refractivity contribution is 7.21. The minimum atomic E-state index is -0.337. The first kappa shape index (κ1) is 16.2. The van der Waals surface area contributed by atoms with Gasteiger partial charge in [-0.2, -0.15) is 0 Å². The van der Waals surface area contributed by atoms with E-state index in [1.54, 1.807) is 19.3 Å². The summed E-state index contributed by atoms with van der Waals surface area (Å²) in [6, 6.07) is 7.68. The Balaban J connectivity index is 0.000000211. The lowest BCUT2D eigenvalue weighted by atomic mass is 10.2. The molecule has 7 heteroatoms. The molecule has 0 amide bonds. The maximum atomic E-state index is 11.5. The van der Waals surface area contributed by atoms with E-state index in [-0.39, 0.29) is 5.97 Å². The molecule has 0 spiro atoms. The fraction of sp³-hybridized carbons (Fsp3) is 0.133. The van der Waals surface area contributed by atoms with Crippen molar-refractivity contribution in [3.8, 4) is 0 Å². The highest BCUT2D eigenvalue weighted by Gasteiger charge is 2.16. The van der Waals surface area contributed by atoms with Crippen molar-refractivity contribution in [2.24, 2.45) is 0 Å². The first-order valence-corrected chi connectivity index (χ1v) is 7.68. The summed E-state index contributed by atoms with van der Waals surface area (Å²) in [6.45, 7) is 2.15. The van der Waals surface area contributed by atoms with Crippen LogP contribution in [0.5, 0.6) is 0 Å². The number of nitrogens with zero attached hydrogens (tertiary/aromatic N) is 2. The molecule has 0 saturated heterocycles. The predicted octanol–water partition coefficient (Wildman–Crippen LogP) is 3.79. The summed E-state index contributed by atoms with van der Waals surface area (Å²) in [5.41, 5.74) is 6.40. The molecule has 2 N–H and O–H groups in total. The van der Waals surface area contributed by atoms with E-state index in [9.17, 15) is 4.79 Å². The van der Waals surface area contributed by atoms with Gasteiger partial charge >= 0.3 is 5.97 Å². The first-order chi connectivity index (χ1) is 10.6. The molecule has 0 fully saturated rings. The third-order valence-electron chi connectivity index (χ3n) is 2.63. The van der Waals surface area contributed by atoms with Crippen LogP contribution < -0.4 is 5.73 Å². The van der Waals surface area contributed by atoms with Crippen molar-refractivity contribution in [1.82, 2.24) is 9.97 Å². The molecule has 0 atom stereocenters. The lowest BCUT2D eigenvalue weighted by Gasteiger charge is -1.98. The standard InChI is InChI=1S/C11H11NO2S.C4H3ClN2/c1-2-14-11(13)10-9(12)7-5-3-4-6-8(7)15-10;5-4-3-6-1-2-7-4/h3-6H,2,12H2,1H3;1-3H. The topological polar surface area (TPSA) is 78.1 Å². The number of benzene rings is 1. The fourth-order valence-corrected chi connectivity index (χ4v) is 2.82. The molecule has 5 nitrogen and oxygen atoms in total. The number of rotatable bonds is 2. The van der Waals surface area contributed by atoms with E-state index in [0.717, 1.165) is 10.1 Å². The smallest absolute Gasteiger partial charge is 0.350 e. The van der Waals surface area contributed by atoms with Crippen LogP contribution in [0.4, 0.5) is 5.69 Å². The number of ether oxygens (including phenoxy) is 1. The molecule has 0 saturated carbocycles. The third-order valence-corrected chi connectivity index (χ3v) is 3.99. The number of aromatic nitrogens is 2. The second kappa shape index (κ2) is 7.72. The van der Waals surface area contributed by atoms with Crippen LogP contribution >= 0.6 is 22.9 Å². The van der Waals surface area contributed by atoms with Crippen molar-refractivity contribution in [2.75, 3.05) is 12.3 Å². The van der Waals surface area contributed by atoms with Gasteiger partial charge in [-0.25, -0.2) is 9.78 Å². The predicted molar refractivity (Wildman–Crippen MR) is 89.2 cm³/mol. The lowest BCUT2D eigenvalue weighted by Crippen LogP contribution is -2.04. The maximum absolute atomic E-state index is 11.5. The van der Waals surface area contributed by atoms with Gasteiger partial charge in [0.25, 0.3) is 0 Å². The molecule has 2 aromatic heterocycles. The molecule has 0 radical (unpaired) electrons. The molecular formula is C15H14ClN3O2S. The Bertz CT molecular complexity index is 762. The molecule has 0 aliphatic rings. The maximum Gasteiger partial charge on any atom is 0.350 e. The highest BCUT2D eigenvalue weighted by atomic mass is 35.5. The lowest BCUT2D eigenvalue weighted by molar-refractivity contribution is 0.0533. The number of anilines is 1. The van der Waals surface area contributed by atoms with Gasteiger partial charge in [-0.15, -0.1) is 11.3 Å². The summed E-state index contributed by atoms with van der Waals surface area (Å²) in [7, 11) is 0. The van der Waals surface area contributed by atoms with Crippen LogP contribution in [-0.4, -0.2) is 22.5 Å². The molecule has 3 rings (SSSR count). The Hall–Kier alpha value is -2.18. The van der Waals surface area contributed by atoms with E-state index < -0.39 is 0 Å². The third kappa shape index (κ3) is 3.93. The van der Waals surface area contributed by atoms with E-state index >= 15 is 0 Å². The highest BCUT2D eigenvalue weighted by Crippen LogP contribution is 2.33. The Morgan fingerprint density at radius 3 is 2.68 bits per heavy atom. The molecule has 0 bridgehead atoms. The fourth-order valence-electron chi connectivity index (χ4n) is 1.69. The zero-order chi connectivity index (χ0) is 15.9. The van der Waals surface area contributed by atoms with Gasteiger partial charge in [-0.1, -0.05) is 29.8 Å². The Morgan fingerprint density at radius 1 is 1.36 bits per heavy atom. The van der Waals surface area contributed by atoms with Crippen LogP contribution in [0.1, 0.15) is 16.6 Å². The van der Waals surface area contributed by atoms with Crippen LogP contribution in [0, 0.1) is 0 Å². The minimum absolute atomic E-state index is 0.337. The molecule has 2 heterocycles. The van der Waals surface area contributed by atoms with Gasteiger partial charge in [0.1, 0.15) is 10.0 Å². The van der Waals surface area contributed by atoms with E-state index in [1.807, 2.05) is 24.3 Å². The van der Waals surface area contributed by atoms with Gasteiger partial charge in [0.05, 0.1) is 18.5 Å². The van der Waals surface area contributed by atoms with Crippen molar-refractivity contribution < 1.29 is 9.53 Å². The zero-order valence-corrected chi connectivity index (χ0v) is 13.4. The van der Waals surface area contributed by atoms with Crippen molar-refractivity contribution >= 4 is 44.7 Å². The number of hydrogen-bond acceptors (Lipinski definition) is 6. The van der Waals surface area contributed by atoms with Crippen LogP contribution in [0.2, 0.25) is 5.15 Å². The largest absolute Gasteiger partial charge is 0.462 e. The summed E-state index contributed by atoms with van der Waals surface area (Å²) < 4.78 is 5.94. The van der Waals surface area contributed by atoms with Gasteiger partial charge < -0.3 is 10.5 Å². The number of fused-ring (bicyclic) bond motifs is 1. The van der Waals surface area contributed by atoms with Crippen LogP contribution in [-0.2, 0) is 4.74 Å². The zero-order valence-electron chi connectivity index (χ0n) is 11.8. The number of thiophene rings is 1. The van der Waals surface area contributed by atoms with Crippen LogP contribution in [0.25, 0.3) is 10.1 Å². The van der Waals surface area contributed by atoms with Gasteiger partial charge in [0, 0.05) is 22.5 Å². The Morgan fingerprint density at radius 2 is 2.14 bits per heavy atom. The van der Waals surface area contributed by atoms with E-state index in [4.69, 9.17) is 22.1 Å². The molecule has 1 aromatic carbocycles. The summed E-state index contributed by atoms with van der Waals surface area (Å²) in [4.78, 5) is 19.4. The molecule has 22 heavy (non-hydrogen) atoms. The number of nitrogen functional groups attached to an aromatic ring is 1. The number of carbonyl (C=O) groups excluding carboxylic acids is 1. The van der Waals surface area contributed by atoms with Crippen LogP contribution in [0.3, 0.4) is 0 Å². The summed E-state index contributed by atoms with van der Waals surface area (Å²) in [6.07, 6.45) is 4.61. The summed E-state index contributed by atoms with van der Waals surface area (Å²) in [5.74, 6) is -0.337. The molecular weight excluding hydrogens is 322 g/mol. The second-order valence-corrected chi connectivity index (χ2v) is 5.53. The average Bonchev–Trinajstić information content (AvgIpc) is 2.87. The van der Waals surface area contributed by atoms with Crippen molar-refractivity contribution in [3.63, 3.8) is 0 Å². The summed E-state index contributed by atoms with van der Waals surface area (Å²) >= 11 is 6.74. The Labute approximate surface area is 136 Å². The van der Waals surface area contributed by atoms with Crippen molar-refractivity contribution in [3.05, 3.63) is 52.9 Å². The van der Waals surface area contributed by atoms with Gasteiger partial charge in [0.2, 0.25) is 0 Å². The van der Waals surface area contributed by atoms with Gasteiger partial charge in [-0.3, -0.25) is 4.98 Å². The first-order valence-electron chi connectivity index (χ1n) is 6.49. The van der Waals surface area contributed by atoms with Gasteiger partial charge in [0.15, 0.2) is 0 Å². The molecule has 0 aliphatic carbocycles. The number of carbonyl (C=O) groups is 1. The molecule has 0 aliphatic heterocycles. The average molecular weight is 336 g/mol. The van der Waals surface area contributed by atoms with Crippen molar-refractivity contribution in [2.45, 2.75) is 6.92 Å². The SMILES string of the molecule is CCOC(=O)c1sc2ccccc2c1N.Clc1cnccn1. The number of nitrogens with two attached hydrogens (primary N) is 1. The van der Waals surface area contributed by atoms with Gasteiger partial charge in [-0.05, 0) is 13.0 Å².